The summed E-state index contributed by atoms with van der Waals surface area (Å²) in [6.45, 7) is 2.74. The van der Waals surface area contributed by atoms with Crippen LogP contribution < -0.4 is 9.80 Å². The van der Waals surface area contributed by atoms with Crippen LogP contribution in [0.2, 0.25) is 0 Å². The van der Waals surface area contributed by atoms with Crippen LogP contribution in [0.15, 0.2) is 6.07 Å². The summed E-state index contributed by atoms with van der Waals surface area (Å²) in [7, 11) is 0. The number of halogens is 3. The molecule has 3 atom stereocenters. The van der Waals surface area contributed by atoms with Gasteiger partial charge in [-0.3, -0.25) is 0 Å². The Morgan fingerprint density at radius 2 is 1.62 bits per heavy atom. The molecule has 4 rings (SSSR count). The first-order chi connectivity index (χ1) is 11.4. The predicted octanol–water partition coefficient (Wildman–Crippen LogP) is 2.30. The molecule has 2 saturated heterocycles. The molecule has 3 fully saturated rings. The van der Waals surface area contributed by atoms with E-state index in [-0.39, 0.29) is 12.1 Å². The first kappa shape index (κ1) is 15.9. The van der Waals surface area contributed by atoms with Crippen LogP contribution in [0, 0.1) is 11.8 Å². The molecule has 0 aromatic carbocycles. The van der Waals surface area contributed by atoms with Gasteiger partial charge in [-0.05, 0) is 37.5 Å². The lowest BCUT2D eigenvalue weighted by Gasteiger charge is -2.23. The average Bonchev–Trinajstić information content (AvgIpc) is 3.21. The molecule has 3 aliphatic rings. The van der Waals surface area contributed by atoms with E-state index in [0.717, 1.165) is 31.7 Å². The van der Waals surface area contributed by atoms with Gasteiger partial charge in [-0.1, -0.05) is 0 Å². The lowest BCUT2D eigenvalue weighted by Crippen LogP contribution is -2.27. The molecule has 0 amide bonds. The van der Waals surface area contributed by atoms with Crippen molar-refractivity contribution in [2.45, 2.75) is 38.0 Å². The molecule has 0 spiro atoms. The Bertz CT molecular complexity index is 604. The minimum Gasteiger partial charge on any atom is -0.393 e. The van der Waals surface area contributed by atoms with Crippen LogP contribution in [0.4, 0.5) is 24.9 Å². The van der Waals surface area contributed by atoms with Crippen molar-refractivity contribution in [3.05, 3.63) is 11.8 Å². The molecule has 24 heavy (non-hydrogen) atoms. The van der Waals surface area contributed by atoms with Crippen molar-refractivity contribution in [1.82, 2.24) is 9.97 Å². The molecule has 1 unspecified atom stereocenters. The number of aliphatic hydroxyl groups excluding tert-OH is 1. The molecule has 8 heteroatoms. The minimum atomic E-state index is -4.47. The lowest BCUT2D eigenvalue weighted by atomic mass is 10.0. The zero-order chi connectivity index (χ0) is 16.9. The topological polar surface area (TPSA) is 52.5 Å². The predicted molar refractivity (Wildman–Crippen MR) is 82.9 cm³/mol. The molecule has 0 radical (unpaired) electrons. The molecule has 2 aliphatic heterocycles. The molecule has 5 nitrogen and oxygen atoms in total. The molecule has 1 aromatic rings. The quantitative estimate of drug-likeness (QED) is 0.894. The average molecular weight is 342 g/mol. The first-order valence-electron chi connectivity index (χ1n) is 8.54. The van der Waals surface area contributed by atoms with Gasteiger partial charge in [0.25, 0.3) is 0 Å². The number of fused-ring (bicyclic) bond motifs is 1. The molecule has 3 heterocycles. The summed E-state index contributed by atoms with van der Waals surface area (Å²) in [4.78, 5) is 12.0. The van der Waals surface area contributed by atoms with Gasteiger partial charge < -0.3 is 14.9 Å². The lowest BCUT2D eigenvalue weighted by molar-refractivity contribution is -0.141. The summed E-state index contributed by atoms with van der Waals surface area (Å²) in [6, 6.07) is 1.07. The Balaban J connectivity index is 1.63. The summed E-state index contributed by atoms with van der Waals surface area (Å²) in [6.07, 6.45) is -1.35. The van der Waals surface area contributed by atoms with Crippen LogP contribution in [0.1, 0.15) is 31.4 Å². The molecule has 1 aromatic heterocycles. The molecule has 1 saturated carbocycles. The van der Waals surface area contributed by atoms with Crippen molar-refractivity contribution in [2.24, 2.45) is 11.8 Å². The van der Waals surface area contributed by atoms with Crippen LogP contribution in [-0.4, -0.2) is 47.4 Å². The normalized spacial score (nSPS) is 30.2. The van der Waals surface area contributed by atoms with E-state index in [9.17, 15) is 18.3 Å². The van der Waals surface area contributed by atoms with Gasteiger partial charge >= 0.3 is 6.18 Å². The monoisotopic (exact) mass is 342 g/mol. The Morgan fingerprint density at radius 3 is 2.21 bits per heavy atom. The van der Waals surface area contributed by atoms with Gasteiger partial charge in [0.05, 0.1) is 6.10 Å². The Kier molecular flexibility index (Phi) is 3.82. The third-order valence-corrected chi connectivity index (χ3v) is 5.43. The maximum Gasteiger partial charge on any atom is 0.433 e. The van der Waals surface area contributed by atoms with Gasteiger partial charge in [0.1, 0.15) is 5.82 Å². The zero-order valence-corrected chi connectivity index (χ0v) is 13.3. The maximum atomic E-state index is 13.2. The minimum absolute atomic E-state index is 0.189. The van der Waals surface area contributed by atoms with Crippen LogP contribution in [-0.2, 0) is 6.18 Å². The van der Waals surface area contributed by atoms with E-state index < -0.39 is 11.9 Å². The van der Waals surface area contributed by atoms with Crippen LogP contribution in [0.3, 0.4) is 0 Å². The van der Waals surface area contributed by atoms with Gasteiger partial charge in [0.2, 0.25) is 5.95 Å². The molecular formula is C16H21F3N4O. The number of nitrogens with zero attached hydrogens (tertiary/aromatic N) is 4. The van der Waals surface area contributed by atoms with Crippen molar-refractivity contribution in [3.8, 4) is 0 Å². The number of hydrogen-bond donors (Lipinski definition) is 1. The van der Waals surface area contributed by atoms with Crippen molar-refractivity contribution in [2.75, 3.05) is 36.0 Å². The van der Waals surface area contributed by atoms with Gasteiger partial charge in [-0.15, -0.1) is 0 Å². The largest absolute Gasteiger partial charge is 0.433 e. The van der Waals surface area contributed by atoms with E-state index >= 15 is 0 Å². The fourth-order valence-corrected chi connectivity index (χ4v) is 4.24. The van der Waals surface area contributed by atoms with E-state index in [4.69, 9.17) is 0 Å². The highest BCUT2D eigenvalue weighted by atomic mass is 19.4. The number of anilines is 2. The molecular weight excluding hydrogens is 321 g/mol. The summed E-state index contributed by atoms with van der Waals surface area (Å²) in [5.41, 5.74) is -0.869. The van der Waals surface area contributed by atoms with E-state index in [1.165, 1.54) is 0 Å². The summed E-state index contributed by atoms with van der Waals surface area (Å²) in [5, 5.41) is 9.73. The van der Waals surface area contributed by atoms with Gasteiger partial charge in [0.15, 0.2) is 5.69 Å². The van der Waals surface area contributed by atoms with E-state index in [2.05, 4.69) is 9.97 Å². The first-order valence-corrected chi connectivity index (χ1v) is 8.54. The maximum absolute atomic E-state index is 13.2. The van der Waals surface area contributed by atoms with E-state index in [0.29, 0.717) is 43.8 Å². The second kappa shape index (κ2) is 5.75. The van der Waals surface area contributed by atoms with Crippen molar-refractivity contribution in [3.63, 3.8) is 0 Å². The van der Waals surface area contributed by atoms with Crippen molar-refractivity contribution < 1.29 is 18.3 Å². The van der Waals surface area contributed by atoms with E-state index in [1.54, 1.807) is 0 Å². The summed E-state index contributed by atoms with van der Waals surface area (Å²) < 4.78 is 39.7. The second-order valence-corrected chi connectivity index (χ2v) is 7.15. The van der Waals surface area contributed by atoms with Crippen LogP contribution in [0.5, 0.6) is 0 Å². The van der Waals surface area contributed by atoms with Crippen LogP contribution >= 0.6 is 0 Å². The van der Waals surface area contributed by atoms with E-state index in [1.807, 2.05) is 9.80 Å². The number of alkyl halides is 3. The highest BCUT2D eigenvalue weighted by Crippen LogP contribution is 2.40. The Hall–Kier alpha value is -1.57. The number of aliphatic hydroxyl groups is 1. The standard InChI is InChI=1S/C16H21F3N4O/c17-16(18,19)13-7-14(21-15(20-13)22-3-1-2-4-22)23-8-10-5-12(24)6-11(10)9-23/h7,10-12,24H,1-6,8-9H2/t10-,11+,12?. The van der Waals surface area contributed by atoms with Crippen LogP contribution in [0.25, 0.3) is 0 Å². The number of hydrogen-bond acceptors (Lipinski definition) is 5. The number of aromatic nitrogens is 2. The zero-order valence-electron chi connectivity index (χ0n) is 13.3. The third kappa shape index (κ3) is 2.92. The van der Waals surface area contributed by atoms with Gasteiger partial charge in [0, 0.05) is 32.2 Å². The van der Waals surface area contributed by atoms with Crippen molar-refractivity contribution in [1.29, 1.82) is 0 Å². The SMILES string of the molecule is OC1C[C@@H]2CN(c3cc(C(F)(F)F)nc(N4CCCC4)n3)C[C@@H]2C1. The van der Waals surface area contributed by atoms with Gasteiger partial charge in [-0.25, -0.2) is 4.98 Å². The van der Waals surface area contributed by atoms with Gasteiger partial charge in [-0.2, -0.15) is 18.2 Å². The highest BCUT2D eigenvalue weighted by molar-refractivity contribution is 5.48. The highest BCUT2D eigenvalue weighted by Gasteiger charge is 2.42. The Labute approximate surface area is 138 Å². The Morgan fingerprint density at radius 1 is 1.00 bits per heavy atom. The molecule has 1 N–H and O–H groups in total. The molecule has 1 aliphatic carbocycles. The van der Waals surface area contributed by atoms with Crippen molar-refractivity contribution >= 4 is 11.8 Å². The number of rotatable bonds is 2. The second-order valence-electron chi connectivity index (χ2n) is 7.15. The third-order valence-electron chi connectivity index (χ3n) is 5.43. The summed E-state index contributed by atoms with van der Waals surface area (Å²) in [5.74, 6) is 1.25. The molecule has 132 valence electrons. The summed E-state index contributed by atoms with van der Waals surface area (Å²) >= 11 is 0. The molecule has 0 bridgehead atoms. The fraction of sp³-hybridized carbons (Fsp3) is 0.750. The smallest absolute Gasteiger partial charge is 0.393 e. The fourth-order valence-electron chi connectivity index (χ4n) is 4.24.